The SMILES string of the molecule is CCCOC(=O)C[C@H](NC(=O)OCC1c2ccccc2-c2ccccc21)C(=O)N[C@@H](CCC)C(=O)N[C@@H](Cc1ccccc1)C(=O)O. The van der Waals surface area contributed by atoms with Crippen LogP contribution in [0.15, 0.2) is 78.9 Å². The molecule has 11 heteroatoms. The molecule has 0 spiro atoms. The number of carboxylic acid groups (broad SMARTS) is 1. The molecule has 0 saturated carbocycles. The quantitative estimate of drug-likeness (QED) is 0.168. The average Bonchev–Trinajstić information content (AvgIpc) is 3.39. The monoisotopic (exact) mass is 643 g/mol. The second kappa shape index (κ2) is 16.9. The maximum atomic E-state index is 13.5. The summed E-state index contributed by atoms with van der Waals surface area (Å²) in [6.07, 6.45) is -0.132. The number of carboxylic acids is 1. The van der Waals surface area contributed by atoms with Gasteiger partial charge in [0.05, 0.1) is 13.0 Å². The van der Waals surface area contributed by atoms with Gasteiger partial charge in [-0.15, -0.1) is 0 Å². The highest BCUT2D eigenvalue weighted by Crippen LogP contribution is 2.44. The third kappa shape index (κ3) is 9.41. The van der Waals surface area contributed by atoms with Crippen molar-refractivity contribution >= 4 is 29.8 Å². The summed E-state index contributed by atoms with van der Waals surface area (Å²) in [5.41, 5.74) is 4.86. The number of aliphatic carboxylic acids is 1. The fourth-order valence-corrected chi connectivity index (χ4v) is 5.59. The van der Waals surface area contributed by atoms with Crippen LogP contribution in [-0.2, 0) is 35.1 Å². The lowest BCUT2D eigenvalue weighted by atomic mass is 9.98. The average molecular weight is 644 g/mol. The Morgan fingerprint density at radius 3 is 1.87 bits per heavy atom. The Morgan fingerprint density at radius 1 is 0.702 bits per heavy atom. The van der Waals surface area contributed by atoms with Gasteiger partial charge in [0.15, 0.2) is 0 Å². The lowest BCUT2D eigenvalue weighted by Gasteiger charge is -2.24. The number of ether oxygens (including phenoxy) is 2. The van der Waals surface area contributed by atoms with Gasteiger partial charge in [0.2, 0.25) is 11.8 Å². The van der Waals surface area contributed by atoms with Crippen LogP contribution in [0.4, 0.5) is 4.79 Å². The van der Waals surface area contributed by atoms with Crippen LogP contribution in [-0.4, -0.2) is 66.3 Å². The molecule has 0 aliphatic heterocycles. The van der Waals surface area contributed by atoms with E-state index in [1.165, 1.54) is 0 Å². The molecule has 3 aromatic rings. The molecule has 3 aromatic carbocycles. The lowest BCUT2D eigenvalue weighted by Crippen LogP contribution is -2.56. The molecule has 0 heterocycles. The summed E-state index contributed by atoms with van der Waals surface area (Å²) >= 11 is 0. The zero-order valence-electron chi connectivity index (χ0n) is 26.6. The van der Waals surface area contributed by atoms with Gasteiger partial charge in [-0.2, -0.15) is 0 Å². The Bertz CT molecular complexity index is 1520. The smallest absolute Gasteiger partial charge is 0.407 e. The second-order valence-corrected chi connectivity index (χ2v) is 11.4. The summed E-state index contributed by atoms with van der Waals surface area (Å²) < 4.78 is 10.7. The van der Waals surface area contributed by atoms with Gasteiger partial charge in [0, 0.05) is 12.3 Å². The number of fused-ring (bicyclic) bond motifs is 3. The minimum Gasteiger partial charge on any atom is -0.480 e. The van der Waals surface area contributed by atoms with Crippen LogP contribution in [0.5, 0.6) is 0 Å². The molecule has 4 rings (SSSR count). The summed E-state index contributed by atoms with van der Waals surface area (Å²) in [5, 5.41) is 17.3. The van der Waals surface area contributed by atoms with Gasteiger partial charge in [-0.05, 0) is 40.7 Å². The largest absolute Gasteiger partial charge is 0.480 e. The van der Waals surface area contributed by atoms with Crippen molar-refractivity contribution in [2.45, 2.75) is 70.0 Å². The Labute approximate surface area is 274 Å². The number of benzene rings is 3. The van der Waals surface area contributed by atoms with Gasteiger partial charge >= 0.3 is 18.0 Å². The highest BCUT2D eigenvalue weighted by Gasteiger charge is 2.33. The normalized spacial score (nSPS) is 13.7. The third-order valence-corrected chi connectivity index (χ3v) is 7.90. The topological polar surface area (TPSA) is 160 Å². The molecule has 3 atom stereocenters. The molecule has 248 valence electrons. The van der Waals surface area contributed by atoms with Crippen molar-refractivity contribution in [3.8, 4) is 11.1 Å². The van der Waals surface area contributed by atoms with Crippen molar-refractivity contribution in [2.75, 3.05) is 13.2 Å². The molecule has 0 aromatic heterocycles. The Balaban J connectivity index is 1.44. The predicted octanol–water partition coefficient (Wildman–Crippen LogP) is 4.33. The molecular weight excluding hydrogens is 602 g/mol. The number of nitrogens with one attached hydrogen (secondary N) is 3. The maximum absolute atomic E-state index is 13.5. The van der Waals surface area contributed by atoms with Gasteiger partial charge in [-0.3, -0.25) is 14.4 Å². The predicted molar refractivity (Wildman–Crippen MR) is 174 cm³/mol. The van der Waals surface area contributed by atoms with Crippen molar-refractivity contribution in [1.29, 1.82) is 0 Å². The van der Waals surface area contributed by atoms with Gasteiger partial charge in [0.1, 0.15) is 24.7 Å². The van der Waals surface area contributed by atoms with Crippen LogP contribution in [0, 0.1) is 0 Å². The number of esters is 1. The Hall–Kier alpha value is -5.19. The van der Waals surface area contributed by atoms with Crippen LogP contribution in [0.2, 0.25) is 0 Å². The first kappa shape index (κ1) is 34.7. The van der Waals surface area contributed by atoms with Crippen LogP contribution in [0.1, 0.15) is 62.1 Å². The molecule has 0 bridgehead atoms. The molecule has 47 heavy (non-hydrogen) atoms. The second-order valence-electron chi connectivity index (χ2n) is 11.4. The van der Waals surface area contributed by atoms with Gasteiger partial charge in [-0.25, -0.2) is 9.59 Å². The van der Waals surface area contributed by atoms with E-state index in [4.69, 9.17) is 9.47 Å². The van der Waals surface area contributed by atoms with E-state index < -0.39 is 54.4 Å². The van der Waals surface area contributed by atoms with E-state index >= 15 is 0 Å². The first-order valence-electron chi connectivity index (χ1n) is 15.9. The van der Waals surface area contributed by atoms with Gasteiger partial charge < -0.3 is 30.5 Å². The van der Waals surface area contributed by atoms with Crippen molar-refractivity contribution in [3.63, 3.8) is 0 Å². The Morgan fingerprint density at radius 2 is 1.28 bits per heavy atom. The standard InChI is InChI=1S/C36H41N3O8/c1-3-12-29(33(41)38-31(35(43)44)20-23-13-6-5-7-14-23)37-34(42)30(21-32(40)46-19-4-2)39-36(45)47-22-28-26-17-10-8-15-24(26)25-16-9-11-18-27(25)28/h5-11,13-18,28-31H,3-4,12,19-22H2,1-2H3,(H,37,42)(H,38,41)(H,39,45)(H,43,44)/t29-,30-,31-/m0/s1. The van der Waals surface area contributed by atoms with Crippen LogP contribution >= 0.6 is 0 Å². The Kier molecular flexibility index (Phi) is 12.5. The summed E-state index contributed by atoms with van der Waals surface area (Å²) in [7, 11) is 0. The first-order valence-corrected chi connectivity index (χ1v) is 15.9. The fraction of sp³-hybridized carbons (Fsp3) is 0.361. The summed E-state index contributed by atoms with van der Waals surface area (Å²) in [5.74, 6) is -3.66. The summed E-state index contributed by atoms with van der Waals surface area (Å²) in [6, 6.07) is 20.8. The molecule has 1 aliphatic carbocycles. The molecular formula is C36H41N3O8. The number of amides is 3. The minimum atomic E-state index is -1.42. The molecule has 3 amide bonds. The number of carbonyl (C=O) groups excluding carboxylic acids is 4. The number of hydrogen-bond acceptors (Lipinski definition) is 7. The van der Waals surface area contributed by atoms with Crippen molar-refractivity contribution < 1.29 is 38.6 Å². The summed E-state index contributed by atoms with van der Waals surface area (Å²) in [6.45, 7) is 3.76. The highest BCUT2D eigenvalue weighted by atomic mass is 16.5. The number of alkyl carbamates (subject to hydrolysis) is 1. The van der Waals surface area contributed by atoms with Crippen LogP contribution in [0.25, 0.3) is 11.1 Å². The van der Waals surface area contributed by atoms with E-state index in [0.717, 1.165) is 22.3 Å². The van der Waals surface area contributed by atoms with Crippen LogP contribution in [0.3, 0.4) is 0 Å². The molecule has 0 fully saturated rings. The van der Waals surface area contributed by atoms with Crippen molar-refractivity contribution in [3.05, 3.63) is 95.6 Å². The maximum Gasteiger partial charge on any atom is 0.407 e. The number of rotatable bonds is 16. The minimum absolute atomic E-state index is 0.00661. The number of carbonyl (C=O) groups is 5. The molecule has 0 unspecified atom stereocenters. The van der Waals surface area contributed by atoms with E-state index in [1.807, 2.05) is 55.5 Å². The highest BCUT2D eigenvalue weighted by molar-refractivity contribution is 5.94. The van der Waals surface area contributed by atoms with Gasteiger partial charge in [-0.1, -0.05) is 99.1 Å². The molecule has 4 N–H and O–H groups in total. The molecule has 11 nitrogen and oxygen atoms in total. The lowest BCUT2D eigenvalue weighted by molar-refractivity contribution is -0.146. The van der Waals surface area contributed by atoms with E-state index in [9.17, 15) is 29.1 Å². The van der Waals surface area contributed by atoms with E-state index in [2.05, 4.69) is 16.0 Å². The molecule has 1 aliphatic rings. The molecule has 0 radical (unpaired) electrons. The molecule has 0 saturated heterocycles. The van der Waals surface area contributed by atoms with Gasteiger partial charge in [0.25, 0.3) is 0 Å². The summed E-state index contributed by atoms with van der Waals surface area (Å²) in [4.78, 5) is 64.3. The number of hydrogen-bond donors (Lipinski definition) is 4. The van der Waals surface area contributed by atoms with E-state index in [-0.39, 0.29) is 32.0 Å². The fourth-order valence-electron chi connectivity index (χ4n) is 5.59. The van der Waals surface area contributed by atoms with Crippen molar-refractivity contribution in [2.24, 2.45) is 0 Å². The third-order valence-electron chi connectivity index (χ3n) is 7.90. The van der Waals surface area contributed by atoms with E-state index in [0.29, 0.717) is 18.4 Å². The zero-order valence-corrected chi connectivity index (χ0v) is 26.6. The first-order chi connectivity index (χ1) is 22.7. The van der Waals surface area contributed by atoms with E-state index in [1.54, 1.807) is 37.3 Å². The van der Waals surface area contributed by atoms with Crippen molar-refractivity contribution in [1.82, 2.24) is 16.0 Å². The van der Waals surface area contributed by atoms with Crippen LogP contribution < -0.4 is 16.0 Å². The zero-order chi connectivity index (χ0) is 33.8.